The molecule has 1 aliphatic heterocycles. The number of hydrogen-bond donors (Lipinski definition) is 1. The van der Waals surface area contributed by atoms with Gasteiger partial charge in [0.1, 0.15) is 6.61 Å². The van der Waals surface area contributed by atoms with Crippen molar-refractivity contribution in [1.82, 2.24) is 20.2 Å². The second-order valence-electron chi connectivity index (χ2n) is 8.30. The van der Waals surface area contributed by atoms with Gasteiger partial charge in [-0.1, -0.05) is 30.3 Å². The van der Waals surface area contributed by atoms with Gasteiger partial charge in [0, 0.05) is 45.3 Å². The molecule has 31 heavy (non-hydrogen) atoms. The summed E-state index contributed by atoms with van der Waals surface area (Å²) in [6, 6.07) is 9.79. The summed E-state index contributed by atoms with van der Waals surface area (Å²) in [5, 5.41) is 2.92. The van der Waals surface area contributed by atoms with Crippen LogP contribution in [-0.4, -0.2) is 66.5 Å². The number of aromatic nitrogens is 2. The van der Waals surface area contributed by atoms with Crippen molar-refractivity contribution in [2.75, 3.05) is 38.7 Å². The van der Waals surface area contributed by atoms with Crippen LogP contribution in [0.1, 0.15) is 47.8 Å². The van der Waals surface area contributed by atoms with Gasteiger partial charge in [-0.3, -0.25) is 9.59 Å². The molecule has 0 spiro atoms. The summed E-state index contributed by atoms with van der Waals surface area (Å²) in [6.07, 6.45) is 2.33. The minimum Gasteiger partial charge on any atom is -0.367 e. The molecule has 2 heterocycles. The highest BCUT2D eigenvalue weighted by Crippen LogP contribution is 2.29. The van der Waals surface area contributed by atoms with Crippen LogP contribution in [-0.2, 0) is 16.1 Å². The van der Waals surface area contributed by atoms with E-state index in [9.17, 15) is 9.59 Å². The van der Waals surface area contributed by atoms with Crippen LogP contribution in [0.2, 0.25) is 0 Å². The Kier molecular flexibility index (Phi) is 7.57. The van der Waals surface area contributed by atoms with Crippen LogP contribution < -0.4 is 10.2 Å². The molecule has 1 N–H and O–H groups in total. The third kappa shape index (κ3) is 6.01. The van der Waals surface area contributed by atoms with Gasteiger partial charge >= 0.3 is 0 Å². The third-order valence-electron chi connectivity index (χ3n) is 5.13. The molecular formula is C23H31N5O3. The number of likely N-dealkylation sites (tertiary alicyclic amines) is 1. The van der Waals surface area contributed by atoms with Crippen molar-refractivity contribution in [1.29, 1.82) is 0 Å². The van der Waals surface area contributed by atoms with E-state index in [2.05, 4.69) is 15.3 Å². The number of benzene rings is 1. The molecule has 166 valence electrons. The predicted molar refractivity (Wildman–Crippen MR) is 119 cm³/mol. The number of hydrogen-bond acceptors (Lipinski definition) is 6. The number of anilines is 1. The molecule has 0 saturated carbocycles. The van der Waals surface area contributed by atoms with Gasteiger partial charge in [0.05, 0.1) is 17.9 Å². The van der Waals surface area contributed by atoms with E-state index in [1.54, 1.807) is 11.1 Å². The van der Waals surface area contributed by atoms with Crippen LogP contribution >= 0.6 is 0 Å². The molecule has 8 nitrogen and oxygen atoms in total. The Morgan fingerprint density at radius 2 is 2.00 bits per heavy atom. The summed E-state index contributed by atoms with van der Waals surface area (Å²) in [7, 11) is 3.73. The van der Waals surface area contributed by atoms with Crippen LogP contribution in [0, 0.1) is 0 Å². The molecule has 2 amide bonds. The van der Waals surface area contributed by atoms with Gasteiger partial charge in [-0.15, -0.1) is 0 Å². The number of carbonyl (C=O) groups excluding carboxylic acids is 2. The molecule has 0 radical (unpaired) electrons. The number of nitrogens with one attached hydrogen (secondary N) is 1. The third-order valence-corrected chi connectivity index (χ3v) is 5.13. The van der Waals surface area contributed by atoms with Gasteiger partial charge in [-0.25, -0.2) is 9.97 Å². The normalized spacial score (nSPS) is 15.9. The summed E-state index contributed by atoms with van der Waals surface area (Å²) in [5.74, 6) is 0.291. The fraction of sp³-hybridized carbons (Fsp3) is 0.478. The first-order valence-electron chi connectivity index (χ1n) is 10.6. The largest absolute Gasteiger partial charge is 0.367 e. The van der Waals surface area contributed by atoms with Gasteiger partial charge < -0.3 is 19.9 Å². The SMILES string of the molecule is CC(C)NC(=O)c1cnc(N(C)C)nc1C1CCN(C(=O)COCc2ccccc2)C1. The van der Waals surface area contributed by atoms with Crippen molar-refractivity contribution in [3.05, 3.63) is 53.3 Å². The zero-order valence-corrected chi connectivity index (χ0v) is 18.7. The van der Waals surface area contributed by atoms with Crippen LogP contribution in [0.25, 0.3) is 0 Å². The van der Waals surface area contributed by atoms with Gasteiger partial charge in [-0.05, 0) is 25.8 Å². The number of rotatable bonds is 8. The molecule has 1 aromatic heterocycles. The maximum absolute atomic E-state index is 12.7. The van der Waals surface area contributed by atoms with E-state index in [-0.39, 0.29) is 30.4 Å². The minimum absolute atomic E-state index is 0.0114. The van der Waals surface area contributed by atoms with Crippen LogP contribution in [0.4, 0.5) is 5.95 Å². The molecule has 0 bridgehead atoms. The average Bonchev–Trinajstić information content (AvgIpc) is 3.24. The molecule has 8 heteroatoms. The maximum Gasteiger partial charge on any atom is 0.254 e. The zero-order valence-electron chi connectivity index (χ0n) is 18.7. The summed E-state index contributed by atoms with van der Waals surface area (Å²) in [4.78, 5) is 37.9. The molecule has 2 aromatic rings. The topological polar surface area (TPSA) is 87.7 Å². The highest BCUT2D eigenvalue weighted by atomic mass is 16.5. The summed E-state index contributed by atoms with van der Waals surface area (Å²) in [6.45, 7) is 5.40. The lowest BCUT2D eigenvalue weighted by atomic mass is 9.99. The second-order valence-corrected chi connectivity index (χ2v) is 8.30. The van der Waals surface area contributed by atoms with Gasteiger partial charge in [-0.2, -0.15) is 0 Å². The summed E-state index contributed by atoms with van der Waals surface area (Å²) < 4.78 is 5.60. The number of carbonyl (C=O) groups is 2. The highest BCUT2D eigenvalue weighted by molar-refractivity contribution is 5.95. The van der Waals surface area contributed by atoms with Gasteiger partial charge in [0.25, 0.3) is 5.91 Å². The van der Waals surface area contributed by atoms with Gasteiger partial charge in [0.2, 0.25) is 11.9 Å². The zero-order chi connectivity index (χ0) is 22.4. The van der Waals surface area contributed by atoms with E-state index in [0.29, 0.717) is 36.9 Å². The second kappa shape index (κ2) is 10.3. The number of nitrogens with zero attached hydrogens (tertiary/aromatic N) is 4. The molecule has 1 aromatic carbocycles. The van der Waals surface area contributed by atoms with Crippen molar-refractivity contribution in [3.8, 4) is 0 Å². The number of ether oxygens (including phenoxy) is 1. The lowest BCUT2D eigenvalue weighted by molar-refractivity contribution is -0.135. The standard InChI is InChI=1S/C23H31N5O3/c1-16(2)25-22(30)19-12-24-23(27(3)4)26-21(19)18-10-11-28(13-18)20(29)15-31-14-17-8-6-5-7-9-17/h5-9,12,16,18H,10-11,13-15H2,1-4H3,(H,25,30). The lowest BCUT2D eigenvalue weighted by Crippen LogP contribution is -2.33. The lowest BCUT2D eigenvalue weighted by Gasteiger charge is -2.20. The Bertz CT molecular complexity index is 901. The first-order chi connectivity index (χ1) is 14.8. The molecule has 0 aliphatic carbocycles. The highest BCUT2D eigenvalue weighted by Gasteiger charge is 2.31. The molecule has 1 unspecified atom stereocenters. The summed E-state index contributed by atoms with van der Waals surface area (Å²) in [5.41, 5.74) is 2.20. The fourth-order valence-electron chi connectivity index (χ4n) is 3.56. The first-order valence-corrected chi connectivity index (χ1v) is 10.6. The Labute approximate surface area is 183 Å². The molecular weight excluding hydrogens is 394 g/mol. The molecule has 3 rings (SSSR count). The maximum atomic E-state index is 12.7. The van der Waals surface area contributed by atoms with Crippen LogP contribution in [0.5, 0.6) is 0 Å². The van der Waals surface area contributed by atoms with Gasteiger partial charge in [0.15, 0.2) is 0 Å². The fourth-order valence-corrected chi connectivity index (χ4v) is 3.56. The quantitative estimate of drug-likeness (QED) is 0.698. The van der Waals surface area contributed by atoms with Crippen LogP contribution in [0.3, 0.4) is 0 Å². The van der Waals surface area contributed by atoms with E-state index < -0.39 is 0 Å². The van der Waals surface area contributed by atoms with E-state index in [1.165, 1.54) is 0 Å². The van der Waals surface area contributed by atoms with Crippen molar-refractivity contribution in [3.63, 3.8) is 0 Å². The molecule has 1 atom stereocenters. The van der Waals surface area contributed by atoms with Crippen molar-refractivity contribution in [2.24, 2.45) is 0 Å². The monoisotopic (exact) mass is 425 g/mol. The Morgan fingerprint density at radius 3 is 2.68 bits per heavy atom. The van der Waals surface area contributed by atoms with E-state index in [0.717, 1.165) is 12.0 Å². The van der Waals surface area contributed by atoms with Crippen molar-refractivity contribution in [2.45, 2.75) is 38.8 Å². The molecule has 1 fully saturated rings. The van der Waals surface area contributed by atoms with Crippen LogP contribution in [0.15, 0.2) is 36.5 Å². The number of amides is 2. The Balaban J connectivity index is 1.66. The van der Waals surface area contributed by atoms with Crippen molar-refractivity contribution >= 4 is 17.8 Å². The Morgan fingerprint density at radius 1 is 1.26 bits per heavy atom. The first kappa shape index (κ1) is 22.7. The predicted octanol–water partition coefficient (Wildman–Crippen LogP) is 2.21. The minimum atomic E-state index is -0.189. The smallest absolute Gasteiger partial charge is 0.254 e. The Hall–Kier alpha value is -3.00. The van der Waals surface area contributed by atoms with E-state index in [4.69, 9.17) is 4.74 Å². The van der Waals surface area contributed by atoms with E-state index in [1.807, 2.05) is 63.2 Å². The summed E-state index contributed by atoms with van der Waals surface area (Å²) >= 11 is 0. The molecule has 1 aliphatic rings. The van der Waals surface area contributed by atoms with E-state index >= 15 is 0 Å². The van der Waals surface area contributed by atoms with Crippen molar-refractivity contribution < 1.29 is 14.3 Å². The molecule has 1 saturated heterocycles. The average molecular weight is 426 g/mol.